The van der Waals surface area contributed by atoms with Crippen LogP contribution in [0.25, 0.3) is 17.0 Å². The third-order valence-corrected chi connectivity index (χ3v) is 8.23. The van der Waals surface area contributed by atoms with Crippen molar-refractivity contribution in [2.75, 3.05) is 13.1 Å². The molecule has 4 aromatic rings. The highest BCUT2D eigenvalue weighted by Gasteiger charge is 2.26. The van der Waals surface area contributed by atoms with Crippen LogP contribution in [0.1, 0.15) is 40.3 Å². The number of allylic oxidation sites excluding steroid dienone is 1. The van der Waals surface area contributed by atoms with Gasteiger partial charge in [0.1, 0.15) is 16.2 Å². The second kappa shape index (κ2) is 11.1. The second-order valence-electron chi connectivity index (χ2n) is 8.01. The fraction of sp³-hybridized carbons (Fsp3) is 0.143. The fourth-order valence-electron chi connectivity index (χ4n) is 3.75. The van der Waals surface area contributed by atoms with E-state index in [1.54, 1.807) is 50.2 Å². The molecule has 0 aliphatic carbocycles. The van der Waals surface area contributed by atoms with Gasteiger partial charge in [-0.1, -0.05) is 61.8 Å². The Morgan fingerprint density at radius 2 is 1.68 bits per heavy atom. The maximum atomic E-state index is 13.0. The second-order valence-corrected chi connectivity index (χ2v) is 10.3. The Bertz CT molecular complexity index is 1570. The smallest absolute Gasteiger partial charge is 0.343 e. The van der Waals surface area contributed by atoms with Gasteiger partial charge in [-0.2, -0.15) is 4.31 Å². The Morgan fingerprint density at radius 3 is 2.41 bits per heavy atom. The lowest BCUT2D eigenvalue weighted by Gasteiger charge is -2.19. The average molecular weight is 538 g/mol. The third kappa shape index (κ3) is 5.67. The average Bonchev–Trinajstić information content (AvgIpc) is 3.33. The summed E-state index contributed by atoms with van der Waals surface area (Å²) in [4.78, 5) is 25.4. The molecule has 0 aliphatic heterocycles. The molecule has 0 fully saturated rings. The molecule has 0 atom stereocenters. The van der Waals surface area contributed by atoms with E-state index in [0.717, 1.165) is 5.39 Å². The van der Waals surface area contributed by atoms with E-state index in [4.69, 9.17) is 20.8 Å². The predicted octanol–water partition coefficient (Wildman–Crippen LogP) is 6.23. The largest absolute Gasteiger partial charge is 0.453 e. The lowest BCUT2D eigenvalue weighted by atomic mass is 10.1. The molecule has 0 aliphatic rings. The van der Waals surface area contributed by atoms with Gasteiger partial charge in [-0.3, -0.25) is 4.79 Å². The number of benzene rings is 3. The van der Waals surface area contributed by atoms with Crippen LogP contribution in [0.3, 0.4) is 0 Å². The maximum Gasteiger partial charge on any atom is 0.343 e. The number of sulfonamides is 1. The van der Waals surface area contributed by atoms with E-state index >= 15 is 0 Å². The Balaban J connectivity index is 1.57. The molecule has 37 heavy (non-hydrogen) atoms. The molecule has 1 heterocycles. The summed E-state index contributed by atoms with van der Waals surface area (Å²) in [7, 11) is -3.89. The van der Waals surface area contributed by atoms with Crippen LogP contribution in [0.5, 0.6) is 5.75 Å². The van der Waals surface area contributed by atoms with Gasteiger partial charge in [0.2, 0.25) is 15.8 Å². The molecule has 1 aromatic heterocycles. The number of halogens is 1. The number of carbonyl (C=O) groups is 2. The lowest BCUT2D eigenvalue weighted by Crippen LogP contribution is -2.31. The molecule has 7 nitrogen and oxygen atoms in total. The third-order valence-electron chi connectivity index (χ3n) is 5.69. The number of furan rings is 1. The number of carbonyl (C=O) groups excluding carboxylic acids is 2. The number of fused-ring (bicyclic) bond motifs is 1. The molecule has 0 unspecified atom stereocenters. The minimum Gasteiger partial charge on any atom is -0.453 e. The standard InChI is InChI=1S/C28H24ClNO6S/c1-3-30(4-2)37(33,34)27-18-21(13-15-22(27)29)28(32)36-24-11-7-5-9-19(24)14-16-23(31)26-17-20-10-6-8-12-25(20)35-26/h5-18H,3-4H2,1-2H3/b16-14+. The predicted molar refractivity (Wildman–Crippen MR) is 143 cm³/mol. The van der Waals surface area contributed by atoms with E-state index < -0.39 is 16.0 Å². The first-order valence-electron chi connectivity index (χ1n) is 11.6. The zero-order valence-electron chi connectivity index (χ0n) is 20.2. The normalized spacial score (nSPS) is 11.9. The van der Waals surface area contributed by atoms with Crippen LogP contribution in [-0.4, -0.2) is 37.6 Å². The highest BCUT2D eigenvalue weighted by atomic mass is 35.5. The molecule has 190 valence electrons. The van der Waals surface area contributed by atoms with Crippen molar-refractivity contribution in [1.82, 2.24) is 4.31 Å². The van der Waals surface area contributed by atoms with Crippen molar-refractivity contribution in [1.29, 1.82) is 0 Å². The van der Waals surface area contributed by atoms with Gasteiger partial charge >= 0.3 is 5.97 Å². The topological polar surface area (TPSA) is 93.9 Å². The number of rotatable bonds is 9. The molecule has 0 saturated carbocycles. The fourth-order valence-corrected chi connectivity index (χ4v) is 5.71. The number of nitrogens with zero attached hydrogens (tertiary/aromatic N) is 1. The number of para-hydroxylation sites is 2. The van der Waals surface area contributed by atoms with Gasteiger partial charge in [0.25, 0.3) is 0 Å². The molecular formula is C28H24ClNO6S. The first kappa shape index (κ1) is 26.3. The van der Waals surface area contributed by atoms with Crippen molar-refractivity contribution in [3.8, 4) is 5.75 Å². The summed E-state index contributed by atoms with van der Waals surface area (Å²) in [5.74, 6) is -0.724. The van der Waals surface area contributed by atoms with E-state index in [1.165, 1.54) is 34.7 Å². The summed E-state index contributed by atoms with van der Waals surface area (Å²) in [6.07, 6.45) is 2.86. The van der Waals surface area contributed by atoms with E-state index in [0.29, 0.717) is 11.1 Å². The van der Waals surface area contributed by atoms with Crippen LogP contribution < -0.4 is 4.74 Å². The first-order chi connectivity index (χ1) is 17.7. The van der Waals surface area contributed by atoms with E-state index in [-0.39, 0.29) is 45.9 Å². The van der Waals surface area contributed by atoms with Crippen molar-refractivity contribution >= 4 is 50.4 Å². The van der Waals surface area contributed by atoms with Crippen molar-refractivity contribution in [3.63, 3.8) is 0 Å². The van der Waals surface area contributed by atoms with E-state index in [9.17, 15) is 18.0 Å². The molecular weight excluding hydrogens is 514 g/mol. The lowest BCUT2D eigenvalue weighted by molar-refractivity contribution is 0.0734. The van der Waals surface area contributed by atoms with Crippen LogP contribution >= 0.6 is 11.6 Å². The summed E-state index contributed by atoms with van der Waals surface area (Å²) in [6.45, 7) is 3.96. The molecule has 0 radical (unpaired) electrons. The van der Waals surface area contributed by atoms with Crippen LogP contribution in [0.15, 0.2) is 88.2 Å². The Kier molecular flexibility index (Phi) is 7.92. The number of esters is 1. The zero-order chi connectivity index (χ0) is 26.6. The molecule has 0 spiro atoms. The minimum atomic E-state index is -3.89. The number of ether oxygens (including phenoxy) is 1. The maximum absolute atomic E-state index is 13.0. The number of ketones is 1. The Labute approximate surface area is 220 Å². The summed E-state index contributed by atoms with van der Waals surface area (Å²) in [5, 5.41) is 0.829. The van der Waals surface area contributed by atoms with Crippen molar-refractivity contribution in [2.45, 2.75) is 18.7 Å². The van der Waals surface area contributed by atoms with Gasteiger partial charge in [-0.05, 0) is 48.6 Å². The number of hydrogen-bond acceptors (Lipinski definition) is 6. The van der Waals surface area contributed by atoms with Crippen molar-refractivity contribution < 1.29 is 27.2 Å². The highest BCUT2D eigenvalue weighted by Crippen LogP contribution is 2.28. The van der Waals surface area contributed by atoms with E-state index in [2.05, 4.69) is 0 Å². The van der Waals surface area contributed by atoms with Crippen molar-refractivity contribution in [2.24, 2.45) is 0 Å². The Hall–Kier alpha value is -3.72. The summed E-state index contributed by atoms with van der Waals surface area (Å²) in [5.41, 5.74) is 1.11. The molecule has 3 aromatic carbocycles. The molecule has 0 saturated heterocycles. The van der Waals surface area contributed by atoms with E-state index in [1.807, 2.05) is 18.2 Å². The van der Waals surface area contributed by atoms with Crippen LogP contribution in [-0.2, 0) is 10.0 Å². The quantitative estimate of drug-likeness (QED) is 0.109. The first-order valence-corrected chi connectivity index (χ1v) is 13.4. The van der Waals surface area contributed by atoms with Gasteiger partial charge in [0, 0.05) is 24.0 Å². The number of hydrogen-bond donors (Lipinski definition) is 0. The summed E-state index contributed by atoms with van der Waals surface area (Å²) in [6, 6.07) is 19.6. The summed E-state index contributed by atoms with van der Waals surface area (Å²) >= 11 is 6.17. The minimum absolute atomic E-state index is 0.0101. The SMILES string of the molecule is CCN(CC)S(=O)(=O)c1cc(C(=O)Oc2ccccc2/C=C/C(=O)c2cc3ccccc3o2)ccc1Cl. The van der Waals surface area contributed by atoms with Crippen molar-refractivity contribution in [3.05, 3.63) is 101 Å². The monoisotopic (exact) mass is 537 g/mol. The molecule has 4 rings (SSSR count). The van der Waals surface area contributed by atoms with Gasteiger partial charge < -0.3 is 9.15 Å². The molecule has 0 bridgehead atoms. The molecule has 0 amide bonds. The van der Waals surface area contributed by atoms with Crippen LogP contribution in [0.4, 0.5) is 0 Å². The van der Waals surface area contributed by atoms with Gasteiger partial charge in [0.15, 0.2) is 5.76 Å². The van der Waals surface area contributed by atoms with Crippen LogP contribution in [0.2, 0.25) is 5.02 Å². The van der Waals surface area contributed by atoms with Gasteiger partial charge in [-0.15, -0.1) is 0 Å². The van der Waals surface area contributed by atoms with Crippen LogP contribution in [0, 0.1) is 0 Å². The molecule has 9 heteroatoms. The van der Waals surface area contributed by atoms with Gasteiger partial charge in [-0.25, -0.2) is 13.2 Å². The molecule has 0 N–H and O–H groups in total. The summed E-state index contributed by atoms with van der Waals surface area (Å²) < 4.78 is 38.3. The van der Waals surface area contributed by atoms with Gasteiger partial charge in [0.05, 0.1) is 10.6 Å². The highest BCUT2D eigenvalue weighted by molar-refractivity contribution is 7.89. The Morgan fingerprint density at radius 1 is 0.973 bits per heavy atom. The zero-order valence-corrected chi connectivity index (χ0v) is 21.8.